The van der Waals surface area contributed by atoms with E-state index in [0.29, 0.717) is 12.8 Å². The van der Waals surface area contributed by atoms with Crippen LogP contribution in [-0.4, -0.2) is 41.9 Å². The number of hydrogen-bond acceptors (Lipinski definition) is 7. The van der Waals surface area contributed by atoms with Crippen LogP contribution in [0.2, 0.25) is 0 Å². The molecule has 1 aliphatic rings. The van der Waals surface area contributed by atoms with Crippen molar-refractivity contribution in [1.29, 1.82) is 0 Å². The summed E-state index contributed by atoms with van der Waals surface area (Å²) in [6.07, 6.45) is 1.36. The highest BCUT2D eigenvalue weighted by Gasteiger charge is 2.39. The van der Waals surface area contributed by atoms with Gasteiger partial charge in [0.1, 0.15) is 11.1 Å². The minimum atomic E-state index is -0.731. The Morgan fingerprint density at radius 1 is 1.35 bits per heavy atom. The zero-order valence-electron chi connectivity index (χ0n) is 12.7. The summed E-state index contributed by atoms with van der Waals surface area (Å²) in [5, 5.41) is 14.0. The standard InChI is InChI=1S/C15H18N4O2S2/c1-21-15(6-8-16-9-7-15)13(20)18-11-2-4-12(5-3-11)23-14-19-17-10-22-14/h2-5,10,16H,6-9H2,1H3,(H,18,20). The van der Waals surface area contributed by atoms with Gasteiger partial charge in [-0.05, 0) is 50.2 Å². The van der Waals surface area contributed by atoms with Gasteiger partial charge in [-0.1, -0.05) is 23.1 Å². The summed E-state index contributed by atoms with van der Waals surface area (Å²) in [7, 11) is 1.60. The number of amides is 1. The van der Waals surface area contributed by atoms with Crippen molar-refractivity contribution in [3.05, 3.63) is 29.8 Å². The SMILES string of the molecule is COC1(C(=O)Nc2ccc(Sc3nncs3)cc2)CCNCC1. The van der Waals surface area contributed by atoms with Crippen LogP contribution in [0.3, 0.4) is 0 Å². The van der Waals surface area contributed by atoms with E-state index in [1.54, 1.807) is 24.4 Å². The summed E-state index contributed by atoms with van der Waals surface area (Å²) >= 11 is 3.06. The number of nitrogens with one attached hydrogen (secondary N) is 2. The van der Waals surface area contributed by atoms with E-state index in [-0.39, 0.29) is 5.91 Å². The molecule has 0 bridgehead atoms. The lowest BCUT2D eigenvalue weighted by Gasteiger charge is -2.34. The van der Waals surface area contributed by atoms with Gasteiger partial charge in [-0.3, -0.25) is 4.79 Å². The van der Waals surface area contributed by atoms with Crippen molar-refractivity contribution >= 4 is 34.7 Å². The van der Waals surface area contributed by atoms with E-state index in [9.17, 15) is 4.79 Å². The number of hydrogen-bond donors (Lipinski definition) is 2. The number of carbonyl (C=O) groups excluding carboxylic acids is 1. The number of rotatable bonds is 5. The molecule has 6 nitrogen and oxygen atoms in total. The van der Waals surface area contributed by atoms with Gasteiger partial charge >= 0.3 is 0 Å². The van der Waals surface area contributed by atoms with Gasteiger partial charge in [-0.25, -0.2) is 0 Å². The first-order chi connectivity index (χ1) is 11.2. The third-order valence-electron chi connectivity index (χ3n) is 3.87. The maximum Gasteiger partial charge on any atom is 0.256 e. The first kappa shape index (κ1) is 16.4. The van der Waals surface area contributed by atoms with Crippen LogP contribution in [0.5, 0.6) is 0 Å². The molecule has 3 rings (SSSR count). The van der Waals surface area contributed by atoms with Crippen LogP contribution in [0.1, 0.15) is 12.8 Å². The van der Waals surface area contributed by atoms with Gasteiger partial charge in [0.15, 0.2) is 4.34 Å². The average molecular weight is 350 g/mol. The summed E-state index contributed by atoms with van der Waals surface area (Å²) in [4.78, 5) is 13.6. The zero-order valence-corrected chi connectivity index (χ0v) is 14.4. The van der Waals surface area contributed by atoms with Gasteiger partial charge in [0.05, 0.1) is 0 Å². The normalized spacial score (nSPS) is 16.9. The minimum Gasteiger partial charge on any atom is -0.368 e. The number of nitrogens with zero attached hydrogens (tertiary/aromatic N) is 2. The van der Waals surface area contributed by atoms with Crippen molar-refractivity contribution in [3.63, 3.8) is 0 Å². The molecule has 1 saturated heterocycles. The predicted molar refractivity (Wildman–Crippen MR) is 90.9 cm³/mol. The van der Waals surface area contributed by atoms with E-state index in [0.717, 1.165) is 28.0 Å². The first-order valence-electron chi connectivity index (χ1n) is 7.33. The largest absolute Gasteiger partial charge is 0.368 e. The van der Waals surface area contributed by atoms with Crippen molar-refractivity contribution in [1.82, 2.24) is 15.5 Å². The van der Waals surface area contributed by atoms with E-state index in [2.05, 4.69) is 20.8 Å². The predicted octanol–water partition coefficient (Wildman–Crippen LogP) is 2.40. The Kier molecular flexibility index (Phi) is 5.27. The van der Waals surface area contributed by atoms with Crippen LogP contribution in [0, 0.1) is 0 Å². The smallest absolute Gasteiger partial charge is 0.256 e. The van der Waals surface area contributed by atoms with Crippen molar-refractivity contribution in [2.75, 3.05) is 25.5 Å². The van der Waals surface area contributed by atoms with Crippen molar-refractivity contribution in [2.24, 2.45) is 0 Å². The lowest BCUT2D eigenvalue weighted by Crippen LogP contribution is -2.51. The number of benzene rings is 1. The van der Waals surface area contributed by atoms with E-state index in [1.165, 1.54) is 11.3 Å². The summed E-state index contributed by atoms with van der Waals surface area (Å²) < 4.78 is 6.43. The lowest BCUT2D eigenvalue weighted by molar-refractivity contribution is -0.140. The maximum absolute atomic E-state index is 12.6. The van der Waals surface area contributed by atoms with E-state index >= 15 is 0 Å². The molecule has 2 aromatic rings. The van der Waals surface area contributed by atoms with Crippen LogP contribution >= 0.6 is 23.1 Å². The minimum absolute atomic E-state index is 0.0778. The number of methoxy groups -OCH3 is 1. The Bertz CT molecular complexity index is 640. The molecule has 122 valence electrons. The molecule has 0 aliphatic carbocycles. The van der Waals surface area contributed by atoms with Gasteiger partial charge in [0, 0.05) is 17.7 Å². The second-order valence-electron chi connectivity index (χ2n) is 5.23. The van der Waals surface area contributed by atoms with Gasteiger partial charge in [0.25, 0.3) is 5.91 Å². The molecule has 0 radical (unpaired) electrons. The molecule has 1 fully saturated rings. The average Bonchev–Trinajstić information content (AvgIpc) is 3.10. The highest BCUT2D eigenvalue weighted by molar-refractivity contribution is 8.01. The zero-order chi connectivity index (χ0) is 16.1. The summed E-state index contributed by atoms with van der Waals surface area (Å²) in [5.74, 6) is -0.0778. The number of anilines is 1. The quantitative estimate of drug-likeness (QED) is 0.862. The summed E-state index contributed by atoms with van der Waals surface area (Å²) in [6.45, 7) is 1.58. The third-order valence-corrected chi connectivity index (χ3v) is 5.66. The number of aromatic nitrogens is 2. The van der Waals surface area contributed by atoms with Gasteiger partial charge in [-0.2, -0.15) is 0 Å². The van der Waals surface area contributed by atoms with Crippen LogP contribution in [-0.2, 0) is 9.53 Å². The fourth-order valence-electron chi connectivity index (χ4n) is 2.51. The Balaban J connectivity index is 1.64. The lowest BCUT2D eigenvalue weighted by atomic mass is 9.91. The van der Waals surface area contributed by atoms with Crippen molar-refractivity contribution < 1.29 is 9.53 Å². The Hall–Kier alpha value is -1.48. The van der Waals surface area contributed by atoms with E-state index in [4.69, 9.17) is 4.74 Å². The van der Waals surface area contributed by atoms with Crippen molar-refractivity contribution in [2.45, 2.75) is 27.7 Å². The fourth-order valence-corrected chi connectivity index (χ4v) is 3.96. The number of carbonyl (C=O) groups is 1. The maximum atomic E-state index is 12.6. The molecule has 0 unspecified atom stereocenters. The Morgan fingerprint density at radius 2 is 2.09 bits per heavy atom. The molecule has 1 amide bonds. The van der Waals surface area contributed by atoms with Gasteiger partial charge < -0.3 is 15.4 Å². The topological polar surface area (TPSA) is 76.1 Å². The van der Waals surface area contributed by atoms with Crippen LogP contribution in [0.4, 0.5) is 5.69 Å². The Labute approximate surface area is 143 Å². The molecular weight excluding hydrogens is 332 g/mol. The monoisotopic (exact) mass is 350 g/mol. The highest BCUT2D eigenvalue weighted by Crippen LogP contribution is 2.30. The second-order valence-corrected chi connectivity index (χ2v) is 7.39. The Morgan fingerprint density at radius 3 is 2.70 bits per heavy atom. The molecule has 1 aromatic carbocycles. The summed E-state index contributed by atoms with van der Waals surface area (Å²) in [5.41, 5.74) is 1.75. The summed E-state index contributed by atoms with van der Waals surface area (Å²) in [6, 6.07) is 7.71. The molecule has 0 saturated carbocycles. The molecule has 1 aliphatic heterocycles. The highest BCUT2D eigenvalue weighted by atomic mass is 32.2. The van der Waals surface area contributed by atoms with Crippen LogP contribution in [0.25, 0.3) is 0 Å². The number of piperidine rings is 1. The van der Waals surface area contributed by atoms with Gasteiger partial charge in [0.2, 0.25) is 0 Å². The molecule has 2 heterocycles. The molecule has 8 heteroatoms. The van der Waals surface area contributed by atoms with Gasteiger partial charge in [-0.15, -0.1) is 10.2 Å². The second kappa shape index (κ2) is 7.39. The number of ether oxygens (including phenoxy) is 1. The molecule has 0 spiro atoms. The third kappa shape index (κ3) is 3.89. The fraction of sp³-hybridized carbons (Fsp3) is 0.400. The first-order valence-corrected chi connectivity index (χ1v) is 9.03. The molecule has 1 aromatic heterocycles. The molecule has 23 heavy (non-hydrogen) atoms. The van der Waals surface area contributed by atoms with Crippen LogP contribution in [0.15, 0.2) is 39.0 Å². The van der Waals surface area contributed by atoms with E-state index < -0.39 is 5.60 Å². The van der Waals surface area contributed by atoms with E-state index in [1.807, 2.05) is 24.3 Å². The molecule has 0 atom stereocenters. The molecule has 2 N–H and O–H groups in total. The molecular formula is C15H18N4O2S2. The van der Waals surface area contributed by atoms with Crippen molar-refractivity contribution in [3.8, 4) is 0 Å². The van der Waals surface area contributed by atoms with Crippen LogP contribution < -0.4 is 10.6 Å².